The molecule has 3 heteroatoms. The van der Waals surface area contributed by atoms with Gasteiger partial charge in [0.15, 0.2) is 0 Å². The molecule has 0 spiro atoms. The van der Waals surface area contributed by atoms with Crippen molar-refractivity contribution in [3.8, 4) is 0 Å². The lowest BCUT2D eigenvalue weighted by molar-refractivity contribution is -0.116. The van der Waals surface area contributed by atoms with Crippen molar-refractivity contribution in [3.05, 3.63) is 0 Å². The van der Waals surface area contributed by atoms with E-state index >= 15 is 0 Å². The molecule has 13 heavy (non-hydrogen) atoms. The van der Waals surface area contributed by atoms with E-state index < -0.39 is 0 Å². The molecule has 0 aromatic carbocycles. The molecule has 2 rings (SSSR count). The van der Waals surface area contributed by atoms with Gasteiger partial charge in [0.25, 0.3) is 0 Å². The molecule has 0 aromatic rings. The number of piperidine rings is 1. The van der Waals surface area contributed by atoms with E-state index in [-0.39, 0.29) is 0 Å². The van der Waals surface area contributed by atoms with Gasteiger partial charge >= 0.3 is 0 Å². The van der Waals surface area contributed by atoms with E-state index in [4.69, 9.17) is 0 Å². The van der Waals surface area contributed by atoms with Crippen LogP contribution < -0.4 is 5.32 Å². The van der Waals surface area contributed by atoms with Gasteiger partial charge in [0, 0.05) is 19.5 Å². The molecule has 3 nitrogen and oxygen atoms in total. The van der Waals surface area contributed by atoms with E-state index in [9.17, 15) is 4.79 Å². The molecule has 0 aromatic heterocycles. The van der Waals surface area contributed by atoms with Gasteiger partial charge in [-0.3, -0.25) is 9.69 Å². The summed E-state index contributed by atoms with van der Waals surface area (Å²) in [6.07, 6.45) is 3.41. The Morgan fingerprint density at radius 3 is 3.08 bits per heavy atom. The average molecular weight is 182 g/mol. The Labute approximate surface area is 79.5 Å². The van der Waals surface area contributed by atoms with Crippen molar-refractivity contribution < 1.29 is 4.79 Å². The number of hydrogen-bond acceptors (Lipinski definition) is 3. The predicted octanol–water partition coefficient (Wildman–Crippen LogP) is 0.261. The van der Waals surface area contributed by atoms with Gasteiger partial charge in [-0.15, -0.1) is 0 Å². The maximum absolute atomic E-state index is 11.0. The minimum absolute atomic E-state index is 0.420. The summed E-state index contributed by atoms with van der Waals surface area (Å²) in [5.74, 6) is 1.20. The van der Waals surface area contributed by atoms with Crippen LogP contribution >= 0.6 is 0 Å². The normalized spacial score (nSPS) is 31.1. The van der Waals surface area contributed by atoms with Crippen LogP contribution in [0.15, 0.2) is 0 Å². The molecule has 1 atom stereocenters. The van der Waals surface area contributed by atoms with Gasteiger partial charge in [-0.2, -0.15) is 0 Å². The molecule has 2 aliphatic rings. The fourth-order valence-electron chi connectivity index (χ4n) is 2.29. The van der Waals surface area contributed by atoms with Gasteiger partial charge in [-0.25, -0.2) is 0 Å². The molecule has 1 unspecified atom stereocenters. The standard InChI is InChI=1S/C10H18N2O/c13-10-3-5-12(8-10)7-9-2-1-4-11-6-9/h9,11H,1-8H2. The second kappa shape index (κ2) is 4.20. The molecule has 0 saturated carbocycles. The smallest absolute Gasteiger partial charge is 0.148 e. The minimum Gasteiger partial charge on any atom is -0.316 e. The fourth-order valence-corrected chi connectivity index (χ4v) is 2.29. The molecular formula is C10H18N2O. The van der Waals surface area contributed by atoms with Crippen molar-refractivity contribution in [1.29, 1.82) is 0 Å². The van der Waals surface area contributed by atoms with Crippen LogP contribution in [0.5, 0.6) is 0 Å². The third-order valence-corrected chi connectivity index (χ3v) is 3.02. The van der Waals surface area contributed by atoms with E-state index in [0.717, 1.165) is 32.0 Å². The molecule has 0 bridgehead atoms. The highest BCUT2D eigenvalue weighted by atomic mass is 16.1. The van der Waals surface area contributed by atoms with Crippen molar-refractivity contribution in [2.75, 3.05) is 32.7 Å². The van der Waals surface area contributed by atoms with Crippen LogP contribution in [0.3, 0.4) is 0 Å². The number of Topliss-reactive ketones (excluding diaryl/α,β-unsaturated/α-hetero) is 1. The second-order valence-corrected chi connectivity index (χ2v) is 4.24. The number of hydrogen-bond donors (Lipinski definition) is 1. The number of ketones is 1. The Morgan fingerprint density at radius 2 is 2.46 bits per heavy atom. The third kappa shape index (κ3) is 2.51. The zero-order valence-corrected chi connectivity index (χ0v) is 8.09. The first-order valence-electron chi connectivity index (χ1n) is 5.29. The molecular weight excluding hydrogens is 164 g/mol. The fraction of sp³-hybridized carbons (Fsp3) is 0.900. The summed E-state index contributed by atoms with van der Waals surface area (Å²) in [5.41, 5.74) is 0. The minimum atomic E-state index is 0.420. The maximum Gasteiger partial charge on any atom is 0.148 e. The van der Waals surface area contributed by atoms with Crippen LogP contribution in [0.25, 0.3) is 0 Å². The quantitative estimate of drug-likeness (QED) is 0.665. The summed E-state index contributed by atoms with van der Waals surface area (Å²) >= 11 is 0. The van der Waals surface area contributed by atoms with Crippen molar-refractivity contribution in [1.82, 2.24) is 10.2 Å². The van der Waals surface area contributed by atoms with Gasteiger partial charge in [-0.1, -0.05) is 0 Å². The Bertz CT molecular complexity index is 187. The summed E-state index contributed by atoms with van der Waals surface area (Å²) in [4.78, 5) is 13.3. The first-order valence-corrected chi connectivity index (χ1v) is 5.29. The number of rotatable bonds is 2. The van der Waals surface area contributed by atoms with Gasteiger partial charge < -0.3 is 5.32 Å². The number of carbonyl (C=O) groups is 1. The van der Waals surface area contributed by atoms with Crippen molar-refractivity contribution in [3.63, 3.8) is 0 Å². The molecule has 1 N–H and O–H groups in total. The number of carbonyl (C=O) groups excluding carboxylic acids is 1. The van der Waals surface area contributed by atoms with Gasteiger partial charge in [0.05, 0.1) is 6.54 Å². The third-order valence-electron chi connectivity index (χ3n) is 3.02. The molecule has 2 aliphatic heterocycles. The van der Waals surface area contributed by atoms with E-state index in [1.165, 1.54) is 19.4 Å². The molecule has 2 saturated heterocycles. The SMILES string of the molecule is O=C1CCN(CC2CCCNC2)C1. The largest absolute Gasteiger partial charge is 0.316 e. The Morgan fingerprint density at radius 1 is 1.54 bits per heavy atom. The molecule has 74 valence electrons. The Hall–Kier alpha value is -0.410. The van der Waals surface area contributed by atoms with Gasteiger partial charge in [-0.05, 0) is 31.8 Å². The van der Waals surface area contributed by atoms with E-state index in [1.54, 1.807) is 0 Å². The number of nitrogens with zero attached hydrogens (tertiary/aromatic N) is 1. The lowest BCUT2D eigenvalue weighted by atomic mass is 9.99. The second-order valence-electron chi connectivity index (χ2n) is 4.24. The predicted molar refractivity (Wildman–Crippen MR) is 51.7 cm³/mol. The lowest BCUT2D eigenvalue weighted by Crippen LogP contribution is -2.37. The monoisotopic (exact) mass is 182 g/mol. The van der Waals surface area contributed by atoms with Crippen LogP contribution in [0.4, 0.5) is 0 Å². The van der Waals surface area contributed by atoms with E-state index in [1.807, 2.05) is 0 Å². The van der Waals surface area contributed by atoms with Crippen molar-refractivity contribution in [2.24, 2.45) is 5.92 Å². The van der Waals surface area contributed by atoms with Crippen LogP contribution in [0.1, 0.15) is 19.3 Å². The lowest BCUT2D eigenvalue weighted by Gasteiger charge is -2.26. The molecule has 0 amide bonds. The number of likely N-dealkylation sites (tertiary alicyclic amines) is 1. The maximum atomic E-state index is 11.0. The topological polar surface area (TPSA) is 32.3 Å². The first-order chi connectivity index (χ1) is 6.34. The van der Waals surface area contributed by atoms with Crippen LogP contribution in [0, 0.1) is 5.92 Å². The summed E-state index contributed by atoms with van der Waals surface area (Å²) in [7, 11) is 0. The highest BCUT2D eigenvalue weighted by molar-refractivity contribution is 5.82. The zero-order valence-electron chi connectivity index (χ0n) is 8.09. The highest BCUT2D eigenvalue weighted by Gasteiger charge is 2.23. The molecule has 2 heterocycles. The van der Waals surface area contributed by atoms with E-state index in [2.05, 4.69) is 10.2 Å². The Kier molecular flexibility index (Phi) is 2.96. The highest BCUT2D eigenvalue weighted by Crippen LogP contribution is 2.14. The molecule has 0 aliphatic carbocycles. The van der Waals surface area contributed by atoms with Crippen LogP contribution in [-0.2, 0) is 4.79 Å². The average Bonchev–Trinajstić information content (AvgIpc) is 2.53. The van der Waals surface area contributed by atoms with Gasteiger partial charge in [0.1, 0.15) is 5.78 Å². The van der Waals surface area contributed by atoms with Crippen molar-refractivity contribution in [2.45, 2.75) is 19.3 Å². The van der Waals surface area contributed by atoms with Gasteiger partial charge in [0.2, 0.25) is 0 Å². The summed E-state index contributed by atoms with van der Waals surface area (Å²) in [6.45, 7) is 5.14. The van der Waals surface area contributed by atoms with Crippen LogP contribution in [0.2, 0.25) is 0 Å². The molecule has 2 fully saturated rings. The summed E-state index contributed by atoms with van der Waals surface area (Å²) in [5, 5.41) is 3.41. The summed E-state index contributed by atoms with van der Waals surface area (Å²) in [6, 6.07) is 0. The van der Waals surface area contributed by atoms with Crippen molar-refractivity contribution >= 4 is 5.78 Å². The number of nitrogens with one attached hydrogen (secondary N) is 1. The van der Waals surface area contributed by atoms with Crippen LogP contribution in [-0.4, -0.2) is 43.4 Å². The van der Waals surface area contributed by atoms with E-state index in [0.29, 0.717) is 12.3 Å². The summed E-state index contributed by atoms with van der Waals surface area (Å²) < 4.78 is 0. The first kappa shape index (κ1) is 9.16. The zero-order chi connectivity index (χ0) is 9.10. The Balaban J connectivity index is 1.73. The molecule has 0 radical (unpaired) electrons.